The van der Waals surface area contributed by atoms with E-state index in [-0.39, 0.29) is 22.3 Å². The Balaban J connectivity index is 1.82. The van der Waals surface area contributed by atoms with Crippen LogP contribution < -0.4 is 4.72 Å². The van der Waals surface area contributed by atoms with E-state index in [1.807, 2.05) is 46.4 Å². The van der Waals surface area contributed by atoms with E-state index in [1.165, 1.54) is 16.7 Å². The maximum atomic E-state index is 13.0. The minimum absolute atomic E-state index is 0.0200. The number of nitrogens with zero attached hydrogens (tertiary/aromatic N) is 1. The lowest BCUT2D eigenvalue weighted by Crippen LogP contribution is -2.51. The van der Waals surface area contributed by atoms with E-state index in [9.17, 15) is 9.35 Å². The van der Waals surface area contributed by atoms with Crippen LogP contribution in [0.4, 0.5) is 4.79 Å². The average Bonchev–Trinajstić information content (AvgIpc) is 2.88. The number of fused-ring (bicyclic) bond motifs is 1. The molecule has 1 N–H and O–H groups in total. The van der Waals surface area contributed by atoms with E-state index in [4.69, 9.17) is 4.74 Å². The predicted molar refractivity (Wildman–Crippen MR) is 118 cm³/mol. The van der Waals surface area contributed by atoms with E-state index in [0.29, 0.717) is 13.1 Å². The van der Waals surface area contributed by atoms with Crippen LogP contribution in [-0.4, -0.2) is 39.0 Å². The highest BCUT2D eigenvalue weighted by Crippen LogP contribution is 2.53. The third-order valence-electron chi connectivity index (χ3n) is 6.09. The Hall–Kier alpha value is -1.24. The molecule has 0 aromatic heterocycles. The van der Waals surface area contributed by atoms with Crippen LogP contribution in [0.2, 0.25) is 0 Å². The van der Waals surface area contributed by atoms with Crippen LogP contribution >= 0.6 is 0 Å². The van der Waals surface area contributed by atoms with E-state index >= 15 is 0 Å². The number of rotatable bonds is 2. The fraction of sp³-hybridized carbons (Fsp3) is 0.696. The molecule has 3 rings (SSSR count). The Morgan fingerprint density at radius 1 is 1.21 bits per heavy atom. The molecule has 0 bridgehead atoms. The van der Waals surface area contributed by atoms with E-state index in [1.54, 1.807) is 0 Å². The van der Waals surface area contributed by atoms with Crippen LogP contribution in [0.5, 0.6) is 0 Å². The summed E-state index contributed by atoms with van der Waals surface area (Å²) in [6.45, 7) is 15.2. The number of ether oxygens (including phenoxy) is 1. The summed E-state index contributed by atoms with van der Waals surface area (Å²) in [6.07, 6.45) is 2.48. The van der Waals surface area contributed by atoms with Gasteiger partial charge in [0.1, 0.15) is 10.3 Å². The number of benzene rings is 1. The zero-order valence-electron chi connectivity index (χ0n) is 18.9. The number of amides is 1. The Kier molecular flexibility index (Phi) is 6.03. The summed E-state index contributed by atoms with van der Waals surface area (Å²) >= 11 is -1.15. The van der Waals surface area contributed by atoms with Crippen molar-refractivity contribution in [2.24, 2.45) is 5.41 Å². The largest absolute Gasteiger partial charge is 0.598 e. The highest BCUT2D eigenvalue weighted by atomic mass is 32.2. The van der Waals surface area contributed by atoms with Crippen LogP contribution in [0.3, 0.4) is 0 Å². The first-order valence-corrected chi connectivity index (χ1v) is 11.7. The topological polar surface area (TPSA) is 64.6 Å². The highest BCUT2D eigenvalue weighted by Gasteiger charge is 2.51. The van der Waals surface area contributed by atoms with Gasteiger partial charge in [0, 0.05) is 29.9 Å². The molecule has 1 saturated heterocycles. The average molecular weight is 421 g/mol. The SMILES string of the molecule is Cc1cccc2c1CC1(CCN(C(=O)OC(C)(C)C)CC1)[C@H]2N[S+]([O-])C(C)(C)C. The minimum Gasteiger partial charge on any atom is -0.598 e. The first kappa shape index (κ1) is 22.4. The molecule has 2 aliphatic rings. The summed E-state index contributed by atoms with van der Waals surface area (Å²) in [5.74, 6) is 0. The van der Waals surface area contributed by atoms with Crippen molar-refractivity contribution in [1.29, 1.82) is 0 Å². The number of aryl methyl sites for hydroxylation is 1. The Morgan fingerprint density at radius 3 is 2.38 bits per heavy atom. The van der Waals surface area contributed by atoms with Crippen LogP contribution in [0.25, 0.3) is 0 Å². The van der Waals surface area contributed by atoms with Crippen LogP contribution in [0, 0.1) is 12.3 Å². The first-order chi connectivity index (χ1) is 13.3. The lowest BCUT2D eigenvalue weighted by molar-refractivity contribution is 0.00715. The van der Waals surface area contributed by atoms with E-state index in [2.05, 4.69) is 29.8 Å². The zero-order valence-corrected chi connectivity index (χ0v) is 19.7. The van der Waals surface area contributed by atoms with E-state index < -0.39 is 17.0 Å². The Bertz CT molecular complexity index is 758. The molecule has 5 nitrogen and oxygen atoms in total. The number of nitrogens with one attached hydrogen (secondary N) is 1. The number of hydrogen-bond donors (Lipinski definition) is 1. The molecule has 1 aliphatic heterocycles. The van der Waals surface area contributed by atoms with Gasteiger partial charge in [0.05, 0.1) is 6.04 Å². The number of hydrogen-bond acceptors (Lipinski definition) is 4. The molecule has 1 spiro atoms. The molecule has 6 heteroatoms. The maximum absolute atomic E-state index is 13.0. The van der Waals surface area contributed by atoms with Gasteiger partial charge in [-0.2, -0.15) is 0 Å². The summed E-state index contributed by atoms with van der Waals surface area (Å²) in [4.78, 5) is 14.3. The number of carbonyl (C=O) groups is 1. The van der Waals surface area contributed by atoms with Crippen molar-refractivity contribution in [3.63, 3.8) is 0 Å². The van der Waals surface area contributed by atoms with Crippen molar-refractivity contribution in [3.8, 4) is 0 Å². The third kappa shape index (κ3) is 4.75. The van der Waals surface area contributed by atoms with Gasteiger partial charge in [0.2, 0.25) is 0 Å². The molecule has 1 amide bonds. The molecule has 0 radical (unpaired) electrons. The van der Waals surface area contributed by atoms with Crippen molar-refractivity contribution in [1.82, 2.24) is 9.62 Å². The number of piperidine rings is 1. The smallest absolute Gasteiger partial charge is 0.410 e. The third-order valence-corrected chi connectivity index (χ3v) is 7.65. The van der Waals surface area contributed by atoms with E-state index in [0.717, 1.165) is 19.3 Å². The van der Waals surface area contributed by atoms with Crippen molar-refractivity contribution in [3.05, 3.63) is 34.9 Å². The predicted octanol–water partition coefficient (Wildman–Crippen LogP) is 4.66. The van der Waals surface area contributed by atoms with Gasteiger partial charge in [-0.15, -0.1) is 4.72 Å². The molecule has 1 unspecified atom stereocenters. The van der Waals surface area contributed by atoms with Gasteiger partial charge < -0.3 is 14.2 Å². The molecule has 0 saturated carbocycles. The summed E-state index contributed by atoms with van der Waals surface area (Å²) in [6, 6.07) is 6.47. The molecule has 29 heavy (non-hydrogen) atoms. The molecule has 2 atom stereocenters. The second kappa shape index (κ2) is 7.78. The lowest BCUT2D eigenvalue weighted by Gasteiger charge is -2.43. The van der Waals surface area contributed by atoms with Crippen molar-refractivity contribution in [2.75, 3.05) is 13.1 Å². The highest BCUT2D eigenvalue weighted by molar-refractivity contribution is 7.90. The van der Waals surface area contributed by atoms with Gasteiger partial charge in [-0.25, -0.2) is 4.79 Å². The summed E-state index contributed by atoms with van der Waals surface area (Å²) in [5, 5.41) is 0. The summed E-state index contributed by atoms with van der Waals surface area (Å²) in [7, 11) is 0. The Labute approximate surface area is 178 Å². The standard InChI is InChI=1S/C23H36N2O3S/c1-16-9-8-10-17-18(16)15-23(19(17)24-29(27)22(5,6)7)11-13-25(14-12-23)20(26)28-21(2,3)4/h8-10,19,24H,11-15H2,1-7H3/t19-,29?/m0/s1. The molecule has 1 aromatic rings. The monoisotopic (exact) mass is 420 g/mol. The fourth-order valence-corrected chi connectivity index (χ4v) is 5.36. The summed E-state index contributed by atoms with van der Waals surface area (Å²) < 4.78 is 21.7. The van der Waals surface area contributed by atoms with Gasteiger partial charge in [0.15, 0.2) is 0 Å². The second-order valence-electron chi connectivity index (χ2n) is 10.6. The van der Waals surface area contributed by atoms with Crippen molar-refractivity contribution >= 4 is 17.5 Å². The van der Waals surface area contributed by atoms with Crippen LogP contribution in [0.1, 0.15) is 77.1 Å². The molecular formula is C23H36N2O3S. The van der Waals surface area contributed by atoms with Crippen LogP contribution in [-0.2, 0) is 22.5 Å². The van der Waals surface area contributed by atoms with Gasteiger partial charge in [0.25, 0.3) is 0 Å². The molecule has 1 heterocycles. The Morgan fingerprint density at radius 2 is 1.83 bits per heavy atom. The van der Waals surface area contributed by atoms with Crippen molar-refractivity contribution < 1.29 is 14.1 Å². The molecular weight excluding hydrogens is 384 g/mol. The second-order valence-corrected chi connectivity index (χ2v) is 12.6. The normalized spacial score (nSPS) is 22.5. The van der Waals surface area contributed by atoms with Gasteiger partial charge >= 0.3 is 6.09 Å². The quantitative estimate of drug-likeness (QED) is 0.707. The minimum atomic E-state index is -1.15. The summed E-state index contributed by atoms with van der Waals surface area (Å²) in [5.41, 5.74) is 3.44. The number of likely N-dealkylation sites (tertiary alicyclic amines) is 1. The molecule has 1 aliphatic carbocycles. The van der Waals surface area contributed by atoms with Crippen LogP contribution in [0.15, 0.2) is 18.2 Å². The van der Waals surface area contributed by atoms with Crippen molar-refractivity contribution in [2.45, 2.75) is 84.1 Å². The molecule has 1 fully saturated rings. The van der Waals surface area contributed by atoms with Gasteiger partial charge in [-0.1, -0.05) is 18.2 Å². The molecule has 162 valence electrons. The van der Waals surface area contributed by atoms with Gasteiger partial charge in [-0.05, 0) is 84.4 Å². The maximum Gasteiger partial charge on any atom is 0.410 e. The number of carbonyl (C=O) groups excluding carboxylic acids is 1. The zero-order chi connectivity index (χ0) is 21.6. The molecule has 1 aromatic carbocycles. The van der Waals surface area contributed by atoms with Gasteiger partial charge in [-0.3, -0.25) is 0 Å². The first-order valence-electron chi connectivity index (χ1n) is 10.6. The lowest BCUT2D eigenvalue weighted by atomic mass is 9.73. The fourth-order valence-electron chi connectivity index (χ4n) is 4.42.